The fourth-order valence-corrected chi connectivity index (χ4v) is 2.83. The second-order valence-corrected chi connectivity index (χ2v) is 5.65. The summed E-state index contributed by atoms with van der Waals surface area (Å²) in [7, 11) is 1.63. The van der Waals surface area contributed by atoms with Gasteiger partial charge in [-0.3, -0.25) is 5.10 Å². The van der Waals surface area contributed by atoms with Crippen LogP contribution < -0.4 is 4.74 Å². The van der Waals surface area contributed by atoms with E-state index >= 15 is 0 Å². The average molecular weight is 324 g/mol. The number of H-pyrrole nitrogens is 1. The van der Waals surface area contributed by atoms with Gasteiger partial charge in [0.05, 0.1) is 7.11 Å². The van der Waals surface area contributed by atoms with E-state index in [1.807, 2.05) is 38.1 Å². The van der Waals surface area contributed by atoms with Crippen LogP contribution in [0.5, 0.6) is 17.2 Å². The molecule has 5 heteroatoms. The number of phenolic OH excluding ortho intramolecular Hbond substituents is 2. The number of hydrogen-bond acceptors (Lipinski definition) is 4. The Labute approximate surface area is 140 Å². The van der Waals surface area contributed by atoms with Crippen molar-refractivity contribution >= 4 is 0 Å². The summed E-state index contributed by atoms with van der Waals surface area (Å²) in [5.41, 5.74) is 4.82. The minimum absolute atomic E-state index is 0.00552. The van der Waals surface area contributed by atoms with Crippen LogP contribution in [0.4, 0.5) is 0 Å². The van der Waals surface area contributed by atoms with E-state index < -0.39 is 0 Å². The van der Waals surface area contributed by atoms with E-state index in [1.54, 1.807) is 13.2 Å². The predicted octanol–water partition coefficient (Wildman–Crippen LogP) is 4.03. The van der Waals surface area contributed by atoms with Gasteiger partial charge in [0.1, 0.15) is 22.9 Å². The summed E-state index contributed by atoms with van der Waals surface area (Å²) in [5, 5.41) is 27.6. The van der Waals surface area contributed by atoms with E-state index in [4.69, 9.17) is 4.74 Å². The van der Waals surface area contributed by atoms with E-state index in [2.05, 4.69) is 10.2 Å². The van der Waals surface area contributed by atoms with Gasteiger partial charge in [0, 0.05) is 22.9 Å². The topological polar surface area (TPSA) is 78.4 Å². The minimum Gasteiger partial charge on any atom is -0.508 e. The number of benzene rings is 2. The van der Waals surface area contributed by atoms with Gasteiger partial charge >= 0.3 is 0 Å². The van der Waals surface area contributed by atoms with Crippen LogP contribution >= 0.6 is 0 Å². The first-order valence-electron chi connectivity index (χ1n) is 7.79. The third-order valence-corrected chi connectivity index (χ3v) is 4.16. The molecular weight excluding hydrogens is 304 g/mol. The lowest BCUT2D eigenvalue weighted by molar-refractivity contribution is 0.415. The van der Waals surface area contributed by atoms with Gasteiger partial charge in [-0.2, -0.15) is 5.10 Å². The zero-order chi connectivity index (χ0) is 17.3. The molecule has 0 aliphatic carbocycles. The Kier molecular flexibility index (Phi) is 4.16. The minimum atomic E-state index is 0.00552. The van der Waals surface area contributed by atoms with Crippen LogP contribution in [0.15, 0.2) is 36.4 Å². The van der Waals surface area contributed by atoms with Crippen LogP contribution in [0.1, 0.15) is 18.2 Å². The number of methoxy groups -OCH3 is 1. The van der Waals surface area contributed by atoms with Gasteiger partial charge in [0.25, 0.3) is 0 Å². The third-order valence-electron chi connectivity index (χ3n) is 4.16. The van der Waals surface area contributed by atoms with Crippen molar-refractivity contribution in [3.05, 3.63) is 47.7 Å². The highest BCUT2D eigenvalue weighted by Gasteiger charge is 2.19. The van der Waals surface area contributed by atoms with Gasteiger partial charge < -0.3 is 14.9 Å². The molecule has 0 atom stereocenters. The number of aromatic nitrogens is 2. The number of phenols is 2. The summed E-state index contributed by atoms with van der Waals surface area (Å²) in [6.45, 7) is 3.89. The summed E-state index contributed by atoms with van der Waals surface area (Å²) in [6, 6.07) is 10.8. The van der Waals surface area contributed by atoms with Crippen LogP contribution in [0.3, 0.4) is 0 Å². The van der Waals surface area contributed by atoms with Crippen molar-refractivity contribution in [1.29, 1.82) is 0 Å². The lowest BCUT2D eigenvalue weighted by Crippen LogP contribution is -1.89. The smallest absolute Gasteiger partial charge is 0.128 e. The molecular formula is C19H20N2O3. The number of rotatable bonds is 4. The molecule has 0 amide bonds. The SMILES string of the molecule is CCc1cc(-c2n[nH]c(C)c2-c2ccc(OC)cc2)c(O)cc1O. The first-order chi connectivity index (χ1) is 11.5. The normalized spacial score (nSPS) is 10.8. The van der Waals surface area contributed by atoms with Gasteiger partial charge in [0.15, 0.2) is 0 Å². The third kappa shape index (κ3) is 2.69. The van der Waals surface area contributed by atoms with E-state index in [0.717, 1.165) is 28.1 Å². The lowest BCUT2D eigenvalue weighted by atomic mass is 9.96. The van der Waals surface area contributed by atoms with Crippen molar-refractivity contribution in [3.8, 4) is 39.6 Å². The molecule has 0 aliphatic rings. The monoisotopic (exact) mass is 324 g/mol. The molecule has 1 heterocycles. The highest BCUT2D eigenvalue weighted by molar-refractivity contribution is 5.85. The molecule has 1 aromatic heterocycles. The summed E-state index contributed by atoms with van der Waals surface area (Å²) >= 11 is 0. The van der Waals surface area contributed by atoms with Crippen molar-refractivity contribution in [3.63, 3.8) is 0 Å². The highest BCUT2D eigenvalue weighted by Crippen LogP contribution is 2.40. The van der Waals surface area contributed by atoms with E-state index in [-0.39, 0.29) is 11.5 Å². The van der Waals surface area contributed by atoms with E-state index in [0.29, 0.717) is 17.7 Å². The second-order valence-electron chi connectivity index (χ2n) is 5.65. The van der Waals surface area contributed by atoms with E-state index in [1.165, 1.54) is 6.07 Å². The van der Waals surface area contributed by atoms with Gasteiger partial charge in [-0.1, -0.05) is 19.1 Å². The molecule has 3 N–H and O–H groups in total. The van der Waals surface area contributed by atoms with Crippen molar-refractivity contribution in [2.75, 3.05) is 7.11 Å². The molecule has 0 unspecified atom stereocenters. The van der Waals surface area contributed by atoms with Crippen LogP contribution in [0, 0.1) is 6.92 Å². The molecule has 3 rings (SSSR count). The van der Waals surface area contributed by atoms with Gasteiger partial charge in [-0.05, 0) is 42.7 Å². The van der Waals surface area contributed by atoms with Crippen LogP contribution in [0.2, 0.25) is 0 Å². The number of aromatic hydroxyl groups is 2. The predicted molar refractivity (Wildman–Crippen MR) is 93.5 cm³/mol. The summed E-state index contributed by atoms with van der Waals surface area (Å²) in [5.74, 6) is 0.880. The summed E-state index contributed by atoms with van der Waals surface area (Å²) in [4.78, 5) is 0. The molecule has 124 valence electrons. The maximum Gasteiger partial charge on any atom is 0.128 e. The quantitative estimate of drug-likeness (QED) is 0.677. The molecule has 2 aromatic carbocycles. The first kappa shape index (κ1) is 15.9. The molecule has 0 radical (unpaired) electrons. The number of ether oxygens (including phenoxy) is 1. The van der Waals surface area contributed by atoms with Gasteiger partial charge in [0.2, 0.25) is 0 Å². The molecule has 24 heavy (non-hydrogen) atoms. The van der Waals surface area contributed by atoms with Crippen molar-refractivity contribution in [2.24, 2.45) is 0 Å². The summed E-state index contributed by atoms with van der Waals surface area (Å²) in [6.07, 6.45) is 0.667. The molecule has 0 saturated carbocycles. The molecule has 0 aliphatic heterocycles. The first-order valence-corrected chi connectivity index (χ1v) is 7.79. The molecule has 0 spiro atoms. The highest BCUT2D eigenvalue weighted by atomic mass is 16.5. The molecule has 0 fully saturated rings. The molecule has 0 bridgehead atoms. The van der Waals surface area contributed by atoms with Crippen LogP contribution in [0.25, 0.3) is 22.4 Å². The standard InChI is InChI=1S/C19H20N2O3/c1-4-12-9-15(17(23)10-16(12)22)19-18(11(2)20-21-19)13-5-7-14(24-3)8-6-13/h5-10,22-23H,4H2,1-3H3,(H,20,21). The van der Waals surface area contributed by atoms with E-state index in [9.17, 15) is 10.2 Å². The van der Waals surface area contributed by atoms with Gasteiger partial charge in [-0.15, -0.1) is 0 Å². The Morgan fingerprint density at radius 3 is 2.42 bits per heavy atom. The Morgan fingerprint density at radius 2 is 1.79 bits per heavy atom. The van der Waals surface area contributed by atoms with Crippen LogP contribution in [-0.2, 0) is 6.42 Å². The molecule has 5 nitrogen and oxygen atoms in total. The fourth-order valence-electron chi connectivity index (χ4n) is 2.83. The zero-order valence-corrected chi connectivity index (χ0v) is 13.9. The number of nitrogens with zero attached hydrogens (tertiary/aromatic N) is 1. The van der Waals surface area contributed by atoms with Crippen molar-refractivity contribution in [1.82, 2.24) is 10.2 Å². The second kappa shape index (κ2) is 6.28. The maximum atomic E-state index is 10.3. The number of aryl methyl sites for hydroxylation is 2. The lowest BCUT2D eigenvalue weighted by Gasteiger charge is -2.10. The Hall–Kier alpha value is -2.95. The molecule has 0 saturated heterocycles. The maximum absolute atomic E-state index is 10.3. The molecule has 3 aromatic rings. The largest absolute Gasteiger partial charge is 0.508 e. The summed E-state index contributed by atoms with van der Waals surface area (Å²) < 4.78 is 5.20. The number of nitrogens with one attached hydrogen (secondary N) is 1. The zero-order valence-electron chi connectivity index (χ0n) is 13.9. The average Bonchev–Trinajstić information content (AvgIpc) is 2.96. The van der Waals surface area contributed by atoms with Gasteiger partial charge in [-0.25, -0.2) is 0 Å². The van der Waals surface area contributed by atoms with Crippen molar-refractivity contribution < 1.29 is 14.9 Å². The number of aromatic amines is 1. The Bertz CT molecular complexity index is 867. The van der Waals surface area contributed by atoms with Crippen LogP contribution in [-0.4, -0.2) is 27.5 Å². The van der Waals surface area contributed by atoms with Crippen molar-refractivity contribution in [2.45, 2.75) is 20.3 Å². The Morgan fingerprint density at radius 1 is 1.08 bits per heavy atom. The Balaban J connectivity index is 2.17. The fraction of sp³-hybridized carbons (Fsp3) is 0.211. The number of hydrogen-bond donors (Lipinski definition) is 3.